The number of nitrogens with zero attached hydrogens (tertiary/aromatic N) is 1. The molecule has 1 aliphatic carbocycles. The number of H-pyrrole nitrogens is 1. The van der Waals surface area contributed by atoms with Crippen LogP contribution in [0.2, 0.25) is 0 Å². The highest BCUT2D eigenvalue weighted by atomic mass is 19.3. The van der Waals surface area contributed by atoms with Gasteiger partial charge in [0, 0.05) is 6.54 Å². The fourth-order valence-corrected chi connectivity index (χ4v) is 1.79. The standard InChI is InChI=1S/C9H9F3N2O3/c10-6-2-14(8(17)13-7(6)16)1-4-5(3-15)9(4,11)12/h2,4-5,15H,1,3H2,(H,13,16,17)/t4-,5+/m0/s1. The molecule has 8 heteroatoms. The molecule has 94 valence electrons. The van der Waals surface area contributed by atoms with E-state index < -0.39 is 48.0 Å². The molecule has 1 aromatic heterocycles. The minimum atomic E-state index is -3.05. The second-order valence-corrected chi connectivity index (χ2v) is 3.96. The normalized spacial score (nSPS) is 25.9. The number of aliphatic hydroxyl groups excluding tert-OH is 1. The third-order valence-electron chi connectivity index (χ3n) is 2.92. The van der Waals surface area contributed by atoms with E-state index in [1.54, 1.807) is 4.98 Å². The zero-order valence-electron chi connectivity index (χ0n) is 8.49. The fraction of sp³-hybridized carbons (Fsp3) is 0.556. The van der Waals surface area contributed by atoms with Gasteiger partial charge in [0.1, 0.15) is 0 Å². The summed E-state index contributed by atoms with van der Waals surface area (Å²) in [7, 11) is 0. The van der Waals surface area contributed by atoms with E-state index >= 15 is 0 Å². The second-order valence-electron chi connectivity index (χ2n) is 3.96. The molecule has 1 aromatic rings. The van der Waals surface area contributed by atoms with Crippen LogP contribution >= 0.6 is 0 Å². The van der Waals surface area contributed by atoms with Gasteiger partial charge in [0.2, 0.25) is 5.82 Å². The van der Waals surface area contributed by atoms with Gasteiger partial charge in [-0.05, 0) is 0 Å². The Morgan fingerprint density at radius 1 is 1.41 bits per heavy atom. The lowest BCUT2D eigenvalue weighted by Crippen LogP contribution is -2.32. The maximum Gasteiger partial charge on any atom is 0.328 e. The molecule has 1 fully saturated rings. The quantitative estimate of drug-likeness (QED) is 0.763. The predicted molar refractivity (Wildman–Crippen MR) is 50.3 cm³/mol. The van der Waals surface area contributed by atoms with Crippen LogP contribution in [-0.2, 0) is 6.54 Å². The first kappa shape index (κ1) is 11.9. The van der Waals surface area contributed by atoms with Crippen LogP contribution in [0, 0.1) is 17.7 Å². The molecule has 1 heterocycles. The van der Waals surface area contributed by atoms with Gasteiger partial charge in [-0.25, -0.2) is 13.6 Å². The van der Waals surface area contributed by atoms with Crippen molar-refractivity contribution in [3.63, 3.8) is 0 Å². The average Bonchev–Trinajstić information content (AvgIpc) is 2.76. The molecule has 0 amide bonds. The van der Waals surface area contributed by atoms with Crippen molar-refractivity contribution in [1.29, 1.82) is 0 Å². The molecular formula is C9H9F3N2O3. The summed E-state index contributed by atoms with van der Waals surface area (Å²) in [6.07, 6.45) is 0.587. The van der Waals surface area contributed by atoms with Crippen LogP contribution < -0.4 is 11.2 Å². The van der Waals surface area contributed by atoms with Crippen LogP contribution in [0.25, 0.3) is 0 Å². The Morgan fingerprint density at radius 3 is 2.59 bits per heavy atom. The van der Waals surface area contributed by atoms with Crippen molar-refractivity contribution < 1.29 is 18.3 Å². The Labute approximate surface area is 92.5 Å². The third-order valence-corrected chi connectivity index (χ3v) is 2.92. The average molecular weight is 250 g/mol. The van der Waals surface area contributed by atoms with Gasteiger partial charge in [-0.2, -0.15) is 4.39 Å². The highest BCUT2D eigenvalue weighted by molar-refractivity contribution is 5.05. The van der Waals surface area contributed by atoms with E-state index in [4.69, 9.17) is 5.11 Å². The van der Waals surface area contributed by atoms with Gasteiger partial charge in [-0.15, -0.1) is 0 Å². The third kappa shape index (κ3) is 1.88. The van der Waals surface area contributed by atoms with Crippen molar-refractivity contribution in [2.45, 2.75) is 12.5 Å². The van der Waals surface area contributed by atoms with Crippen molar-refractivity contribution in [3.05, 3.63) is 32.9 Å². The van der Waals surface area contributed by atoms with Crippen molar-refractivity contribution in [3.8, 4) is 0 Å². The summed E-state index contributed by atoms with van der Waals surface area (Å²) in [6.45, 7) is -1.14. The minimum Gasteiger partial charge on any atom is -0.396 e. The molecule has 5 nitrogen and oxygen atoms in total. The van der Waals surface area contributed by atoms with Gasteiger partial charge in [0.05, 0.1) is 24.6 Å². The Balaban J connectivity index is 2.24. The minimum absolute atomic E-state index is 0.440. The summed E-state index contributed by atoms with van der Waals surface area (Å²) >= 11 is 0. The van der Waals surface area contributed by atoms with E-state index in [0.717, 1.165) is 0 Å². The van der Waals surface area contributed by atoms with E-state index in [0.29, 0.717) is 10.8 Å². The number of aliphatic hydroxyl groups is 1. The van der Waals surface area contributed by atoms with Crippen LogP contribution in [0.1, 0.15) is 0 Å². The van der Waals surface area contributed by atoms with Crippen molar-refractivity contribution >= 4 is 0 Å². The number of halogens is 3. The monoisotopic (exact) mass is 250 g/mol. The lowest BCUT2D eigenvalue weighted by molar-refractivity contribution is 0.0700. The zero-order chi connectivity index (χ0) is 12.8. The number of hydrogen-bond donors (Lipinski definition) is 2. The van der Waals surface area contributed by atoms with Gasteiger partial charge >= 0.3 is 5.69 Å². The van der Waals surface area contributed by atoms with Gasteiger partial charge in [-0.3, -0.25) is 14.3 Å². The molecule has 0 aromatic carbocycles. The Bertz CT molecular complexity index is 551. The smallest absolute Gasteiger partial charge is 0.328 e. The second kappa shape index (κ2) is 3.73. The maximum absolute atomic E-state index is 13.0. The molecule has 0 saturated heterocycles. The summed E-state index contributed by atoms with van der Waals surface area (Å²) < 4.78 is 39.6. The van der Waals surface area contributed by atoms with Crippen LogP contribution in [0.4, 0.5) is 13.2 Å². The van der Waals surface area contributed by atoms with E-state index in [1.807, 2.05) is 0 Å². The predicted octanol–water partition coefficient (Wildman–Crippen LogP) is -0.451. The largest absolute Gasteiger partial charge is 0.396 e. The van der Waals surface area contributed by atoms with Crippen molar-refractivity contribution in [2.75, 3.05) is 6.61 Å². The summed E-state index contributed by atoms with van der Waals surface area (Å²) in [5, 5.41) is 8.66. The van der Waals surface area contributed by atoms with Crippen LogP contribution in [0.15, 0.2) is 15.8 Å². The van der Waals surface area contributed by atoms with Crippen molar-refractivity contribution in [1.82, 2.24) is 9.55 Å². The van der Waals surface area contributed by atoms with E-state index in [-0.39, 0.29) is 0 Å². The zero-order valence-corrected chi connectivity index (χ0v) is 8.49. The molecule has 17 heavy (non-hydrogen) atoms. The fourth-order valence-electron chi connectivity index (χ4n) is 1.79. The summed E-state index contributed by atoms with van der Waals surface area (Å²) in [6, 6.07) is 0. The molecule has 2 rings (SSSR count). The molecule has 0 unspecified atom stereocenters. The Morgan fingerprint density at radius 2 is 2.06 bits per heavy atom. The van der Waals surface area contributed by atoms with Crippen molar-refractivity contribution in [2.24, 2.45) is 11.8 Å². The summed E-state index contributed by atoms with van der Waals surface area (Å²) in [5.41, 5.74) is -2.14. The van der Waals surface area contributed by atoms with Gasteiger partial charge in [0.15, 0.2) is 0 Å². The topological polar surface area (TPSA) is 75.1 Å². The van der Waals surface area contributed by atoms with E-state index in [9.17, 15) is 22.8 Å². The molecule has 1 aliphatic rings. The number of nitrogens with one attached hydrogen (secondary N) is 1. The molecule has 2 atom stereocenters. The highest BCUT2D eigenvalue weighted by Crippen LogP contribution is 2.55. The van der Waals surface area contributed by atoms with Gasteiger partial charge < -0.3 is 5.11 Å². The molecular weight excluding hydrogens is 241 g/mol. The van der Waals surface area contributed by atoms with Gasteiger partial charge in [0.25, 0.3) is 11.5 Å². The number of aromatic amines is 1. The highest BCUT2D eigenvalue weighted by Gasteiger charge is 2.67. The van der Waals surface area contributed by atoms with Crippen LogP contribution in [-0.4, -0.2) is 27.2 Å². The number of aromatic nitrogens is 2. The van der Waals surface area contributed by atoms with Gasteiger partial charge in [-0.1, -0.05) is 0 Å². The number of rotatable bonds is 3. The first-order chi connectivity index (χ1) is 7.87. The van der Waals surface area contributed by atoms with Crippen LogP contribution in [0.3, 0.4) is 0 Å². The summed E-state index contributed by atoms with van der Waals surface area (Å²) in [5.74, 6) is -6.70. The van der Waals surface area contributed by atoms with E-state index in [1.165, 1.54) is 0 Å². The maximum atomic E-state index is 13.0. The molecule has 0 spiro atoms. The lowest BCUT2D eigenvalue weighted by atomic mass is 10.3. The first-order valence-electron chi connectivity index (χ1n) is 4.86. The molecule has 0 aliphatic heterocycles. The number of alkyl halides is 2. The number of hydrogen-bond acceptors (Lipinski definition) is 3. The summed E-state index contributed by atoms with van der Waals surface area (Å²) in [4.78, 5) is 23.6. The van der Waals surface area contributed by atoms with Crippen LogP contribution in [0.5, 0.6) is 0 Å². The molecule has 0 radical (unpaired) electrons. The first-order valence-corrected chi connectivity index (χ1v) is 4.86. The molecule has 0 bridgehead atoms. The SMILES string of the molecule is O=c1[nH]c(=O)n(C[C@H]2[C@@H](CO)C2(F)F)cc1F. The Kier molecular flexibility index (Phi) is 2.61. The molecule has 2 N–H and O–H groups in total. The Hall–Kier alpha value is -1.57. The van der Waals surface area contributed by atoms with E-state index in [2.05, 4.69) is 0 Å². The molecule has 1 saturated carbocycles. The lowest BCUT2D eigenvalue weighted by Gasteiger charge is -2.03.